The Bertz CT molecular complexity index is 1090. The molecule has 3 rings (SSSR count). The highest BCUT2D eigenvalue weighted by Gasteiger charge is 2.26. The van der Waals surface area contributed by atoms with Crippen molar-refractivity contribution in [2.24, 2.45) is 0 Å². The van der Waals surface area contributed by atoms with E-state index in [4.69, 9.17) is 4.74 Å². The average molecular weight is 457 g/mol. The van der Waals surface area contributed by atoms with E-state index in [1.807, 2.05) is 24.3 Å². The lowest BCUT2D eigenvalue weighted by Gasteiger charge is -2.21. The maximum atomic E-state index is 13.4. The summed E-state index contributed by atoms with van der Waals surface area (Å²) >= 11 is 0. The van der Waals surface area contributed by atoms with Crippen LogP contribution in [-0.2, 0) is 27.6 Å². The number of hydrogen-bond acceptors (Lipinski definition) is 5. The minimum atomic E-state index is -3.92. The van der Waals surface area contributed by atoms with Gasteiger partial charge in [0.05, 0.1) is 23.3 Å². The van der Waals surface area contributed by atoms with Gasteiger partial charge in [-0.3, -0.25) is 4.72 Å². The number of hydrogen-bond donors (Lipinski definition) is 1. The van der Waals surface area contributed by atoms with E-state index in [1.165, 1.54) is 7.11 Å². The Hall–Kier alpha value is -2.64. The van der Waals surface area contributed by atoms with E-state index in [-0.39, 0.29) is 10.6 Å². The van der Waals surface area contributed by atoms with Gasteiger partial charge in [-0.2, -0.15) is 0 Å². The molecule has 0 radical (unpaired) electrons. The van der Waals surface area contributed by atoms with Crippen molar-refractivity contribution in [2.75, 3.05) is 31.5 Å². The first-order valence-electron chi connectivity index (χ1n) is 11.1. The lowest BCUT2D eigenvalue weighted by Crippen LogP contribution is -2.22. The maximum Gasteiger partial charge on any atom is 0.340 e. The third-order valence-corrected chi connectivity index (χ3v) is 7.37. The Morgan fingerprint density at radius 1 is 1.09 bits per heavy atom. The normalized spacial score (nSPS) is 13.9. The summed E-state index contributed by atoms with van der Waals surface area (Å²) in [7, 11) is -2.60. The van der Waals surface area contributed by atoms with Crippen molar-refractivity contribution in [2.45, 2.75) is 44.4 Å². The number of sulfonamides is 1. The molecule has 0 heterocycles. The van der Waals surface area contributed by atoms with Gasteiger partial charge >= 0.3 is 5.97 Å². The van der Waals surface area contributed by atoms with E-state index < -0.39 is 16.0 Å². The number of likely N-dealkylation sites (N-methyl/N-ethyl adjacent to an activating group) is 1. The van der Waals surface area contributed by atoms with Gasteiger partial charge in [-0.15, -0.1) is 0 Å². The lowest BCUT2D eigenvalue weighted by molar-refractivity contribution is 0.0600. The second-order valence-electron chi connectivity index (χ2n) is 7.86. The Morgan fingerprint density at radius 2 is 1.81 bits per heavy atom. The summed E-state index contributed by atoms with van der Waals surface area (Å²) in [5.41, 5.74) is 3.15. The smallest absolute Gasteiger partial charge is 0.340 e. The number of anilines is 1. The number of methoxy groups -OCH3 is 1. The van der Waals surface area contributed by atoms with Crippen LogP contribution in [0.2, 0.25) is 0 Å². The van der Waals surface area contributed by atoms with Crippen LogP contribution in [0.3, 0.4) is 0 Å². The lowest BCUT2D eigenvalue weighted by atomic mass is 9.87. The van der Waals surface area contributed by atoms with E-state index >= 15 is 0 Å². The van der Waals surface area contributed by atoms with Crippen LogP contribution in [0.1, 0.15) is 53.7 Å². The van der Waals surface area contributed by atoms with Crippen molar-refractivity contribution in [3.8, 4) is 0 Å². The highest BCUT2D eigenvalue weighted by molar-refractivity contribution is 7.92. The SMILES string of the molecule is CCN(CC)CC=Cc1ccccc1S(=O)(=O)Nc1ccc2c(c1C(=O)OC)CCCC2. The molecule has 172 valence electrons. The molecule has 2 aromatic rings. The molecule has 0 atom stereocenters. The van der Waals surface area contributed by atoms with Crippen molar-refractivity contribution in [3.63, 3.8) is 0 Å². The predicted molar refractivity (Wildman–Crippen MR) is 128 cm³/mol. The quantitative estimate of drug-likeness (QED) is 0.562. The van der Waals surface area contributed by atoms with Gasteiger partial charge in [-0.1, -0.05) is 50.3 Å². The topological polar surface area (TPSA) is 75.7 Å². The van der Waals surface area contributed by atoms with Crippen LogP contribution in [-0.4, -0.2) is 46.0 Å². The van der Waals surface area contributed by atoms with Gasteiger partial charge in [0.15, 0.2) is 0 Å². The summed E-state index contributed by atoms with van der Waals surface area (Å²) in [6, 6.07) is 10.5. The highest BCUT2D eigenvalue weighted by Crippen LogP contribution is 2.32. The summed E-state index contributed by atoms with van der Waals surface area (Å²) in [6.45, 7) is 6.79. The first-order chi connectivity index (χ1) is 15.4. The number of rotatable bonds is 9. The maximum absolute atomic E-state index is 13.4. The second kappa shape index (κ2) is 10.8. The Morgan fingerprint density at radius 3 is 2.53 bits per heavy atom. The monoisotopic (exact) mass is 456 g/mol. The van der Waals surface area contributed by atoms with Crippen LogP contribution in [0.25, 0.3) is 6.08 Å². The van der Waals surface area contributed by atoms with Crippen molar-refractivity contribution in [3.05, 3.63) is 64.7 Å². The number of fused-ring (bicyclic) bond motifs is 1. The fourth-order valence-corrected chi connectivity index (χ4v) is 5.40. The molecular weight excluding hydrogens is 424 g/mol. The second-order valence-corrected chi connectivity index (χ2v) is 9.51. The third-order valence-electron chi connectivity index (χ3n) is 5.93. The fourth-order valence-electron chi connectivity index (χ4n) is 4.12. The van der Waals surface area contributed by atoms with E-state index in [0.717, 1.165) is 56.4 Å². The molecule has 2 aromatic carbocycles. The Labute approximate surface area is 191 Å². The van der Waals surface area contributed by atoms with E-state index in [0.29, 0.717) is 11.1 Å². The number of nitrogens with one attached hydrogen (secondary N) is 1. The molecule has 0 fully saturated rings. The largest absolute Gasteiger partial charge is 0.465 e. The number of esters is 1. The molecule has 1 aliphatic rings. The molecule has 0 unspecified atom stereocenters. The van der Waals surface area contributed by atoms with Crippen LogP contribution in [0, 0.1) is 0 Å². The number of carbonyl (C=O) groups excluding carboxylic acids is 1. The molecule has 32 heavy (non-hydrogen) atoms. The van der Waals surface area contributed by atoms with Crippen molar-refractivity contribution < 1.29 is 17.9 Å². The van der Waals surface area contributed by atoms with Crippen LogP contribution in [0.15, 0.2) is 47.4 Å². The molecule has 0 bridgehead atoms. The summed E-state index contributed by atoms with van der Waals surface area (Å²) < 4.78 is 34.4. The molecule has 1 N–H and O–H groups in total. The van der Waals surface area contributed by atoms with Crippen LogP contribution >= 0.6 is 0 Å². The zero-order chi connectivity index (χ0) is 23.1. The number of nitrogens with zero attached hydrogens (tertiary/aromatic N) is 1. The molecule has 0 aliphatic heterocycles. The van der Waals surface area contributed by atoms with Gasteiger partial charge in [-0.25, -0.2) is 13.2 Å². The van der Waals surface area contributed by atoms with Gasteiger partial charge in [-0.05, 0) is 67.6 Å². The fraction of sp³-hybridized carbons (Fsp3) is 0.400. The van der Waals surface area contributed by atoms with Gasteiger partial charge < -0.3 is 9.64 Å². The number of carbonyl (C=O) groups is 1. The first-order valence-corrected chi connectivity index (χ1v) is 12.6. The van der Waals surface area contributed by atoms with Crippen LogP contribution in [0.5, 0.6) is 0 Å². The van der Waals surface area contributed by atoms with Crippen LogP contribution < -0.4 is 4.72 Å². The van der Waals surface area contributed by atoms with E-state index in [9.17, 15) is 13.2 Å². The third kappa shape index (κ3) is 5.40. The Kier molecular flexibility index (Phi) is 8.10. The zero-order valence-electron chi connectivity index (χ0n) is 19.1. The van der Waals surface area contributed by atoms with Gasteiger partial charge in [0.1, 0.15) is 0 Å². The van der Waals surface area contributed by atoms with E-state index in [1.54, 1.807) is 24.3 Å². The number of ether oxygens (including phenoxy) is 1. The van der Waals surface area contributed by atoms with Crippen molar-refractivity contribution >= 4 is 27.8 Å². The van der Waals surface area contributed by atoms with Crippen molar-refractivity contribution in [1.29, 1.82) is 0 Å². The zero-order valence-corrected chi connectivity index (χ0v) is 19.9. The van der Waals surface area contributed by atoms with E-state index in [2.05, 4.69) is 23.5 Å². The van der Waals surface area contributed by atoms with Crippen molar-refractivity contribution in [1.82, 2.24) is 4.90 Å². The molecule has 0 saturated heterocycles. The molecule has 0 amide bonds. The summed E-state index contributed by atoms with van der Waals surface area (Å²) in [5, 5.41) is 0. The minimum absolute atomic E-state index is 0.171. The van der Waals surface area contributed by atoms with Crippen LogP contribution in [0.4, 0.5) is 5.69 Å². The molecule has 0 aromatic heterocycles. The molecule has 6 nitrogen and oxygen atoms in total. The van der Waals surface area contributed by atoms with Gasteiger partial charge in [0.2, 0.25) is 0 Å². The highest BCUT2D eigenvalue weighted by atomic mass is 32.2. The summed E-state index contributed by atoms with van der Waals surface area (Å²) in [6.07, 6.45) is 7.45. The molecule has 0 saturated carbocycles. The minimum Gasteiger partial charge on any atom is -0.465 e. The number of aryl methyl sites for hydroxylation is 1. The molecule has 0 spiro atoms. The predicted octanol–water partition coefficient (Wildman–Crippen LogP) is 4.51. The first kappa shape index (κ1) is 24.0. The standard InChI is InChI=1S/C25H32N2O4S/c1-4-27(5-2)18-10-13-20-12-7-9-15-23(20)32(29,30)26-22-17-16-19-11-6-8-14-21(19)24(22)25(28)31-3/h7,9-10,12-13,15-17,26H,4-6,8,11,14,18H2,1-3H3. The van der Waals surface area contributed by atoms with Gasteiger partial charge in [0.25, 0.3) is 10.0 Å². The Balaban J connectivity index is 1.96. The molecular formula is C25H32N2O4S. The average Bonchev–Trinajstić information content (AvgIpc) is 2.81. The molecule has 7 heteroatoms. The molecule has 1 aliphatic carbocycles. The van der Waals surface area contributed by atoms with Gasteiger partial charge in [0, 0.05) is 6.54 Å². The summed E-state index contributed by atoms with van der Waals surface area (Å²) in [4.78, 5) is 15.0. The summed E-state index contributed by atoms with van der Waals surface area (Å²) in [5.74, 6) is -0.520. The number of benzene rings is 2.